The van der Waals surface area contributed by atoms with Gasteiger partial charge in [0.1, 0.15) is 0 Å². The molecule has 1 aromatic rings. The Morgan fingerprint density at radius 1 is 1.00 bits per heavy atom. The minimum Gasteiger partial charge on any atom is -0.369 e. The monoisotopic (exact) mass is 318 g/mol. The SMILES string of the molecule is SC(S)N1CCN(c2ccc(Br)cc2)CC1. The maximum atomic E-state index is 4.34. The molecule has 0 unspecified atom stereocenters. The van der Waals surface area contributed by atoms with Crippen molar-refractivity contribution in [1.82, 2.24) is 4.90 Å². The first kappa shape index (κ1) is 12.6. The molecule has 1 aliphatic rings. The van der Waals surface area contributed by atoms with Crippen LogP contribution in [0.4, 0.5) is 5.69 Å². The van der Waals surface area contributed by atoms with E-state index < -0.39 is 0 Å². The van der Waals surface area contributed by atoms with Gasteiger partial charge in [-0.05, 0) is 24.3 Å². The maximum Gasteiger partial charge on any atom is 0.0970 e. The van der Waals surface area contributed by atoms with E-state index in [-0.39, 0.29) is 4.71 Å². The molecule has 5 heteroatoms. The molecule has 0 N–H and O–H groups in total. The number of thiol groups is 2. The third kappa shape index (κ3) is 3.09. The molecule has 0 bridgehead atoms. The average molecular weight is 319 g/mol. The van der Waals surface area contributed by atoms with Crippen molar-refractivity contribution in [1.29, 1.82) is 0 Å². The van der Waals surface area contributed by atoms with Crippen molar-refractivity contribution in [3.8, 4) is 0 Å². The van der Waals surface area contributed by atoms with E-state index >= 15 is 0 Å². The highest BCUT2D eigenvalue weighted by atomic mass is 79.9. The van der Waals surface area contributed by atoms with Crippen molar-refractivity contribution >= 4 is 46.9 Å². The van der Waals surface area contributed by atoms with Crippen LogP contribution in [-0.4, -0.2) is 35.8 Å². The third-order valence-corrected chi connectivity index (χ3v) is 4.01. The smallest absolute Gasteiger partial charge is 0.0970 e. The van der Waals surface area contributed by atoms with Crippen molar-refractivity contribution in [2.24, 2.45) is 0 Å². The first-order valence-electron chi connectivity index (χ1n) is 5.27. The van der Waals surface area contributed by atoms with Gasteiger partial charge in [0.15, 0.2) is 0 Å². The van der Waals surface area contributed by atoms with Gasteiger partial charge >= 0.3 is 0 Å². The van der Waals surface area contributed by atoms with Crippen LogP contribution in [0.1, 0.15) is 0 Å². The molecule has 0 radical (unpaired) electrons. The summed E-state index contributed by atoms with van der Waals surface area (Å²) in [6, 6.07) is 8.47. The fraction of sp³-hybridized carbons (Fsp3) is 0.455. The topological polar surface area (TPSA) is 6.48 Å². The van der Waals surface area contributed by atoms with Crippen LogP contribution in [0.3, 0.4) is 0 Å². The Kier molecular flexibility index (Phi) is 4.47. The van der Waals surface area contributed by atoms with Crippen molar-refractivity contribution < 1.29 is 0 Å². The van der Waals surface area contributed by atoms with Crippen molar-refractivity contribution in [3.05, 3.63) is 28.7 Å². The van der Waals surface area contributed by atoms with Gasteiger partial charge in [-0.2, -0.15) is 0 Å². The van der Waals surface area contributed by atoms with Crippen molar-refractivity contribution in [2.45, 2.75) is 4.71 Å². The van der Waals surface area contributed by atoms with Gasteiger partial charge in [0, 0.05) is 36.3 Å². The van der Waals surface area contributed by atoms with Crippen LogP contribution in [0.2, 0.25) is 0 Å². The molecule has 0 saturated carbocycles. The number of benzene rings is 1. The molecule has 1 heterocycles. The molecular weight excluding hydrogens is 304 g/mol. The minimum atomic E-state index is 0.0621. The van der Waals surface area contributed by atoms with E-state index in [0.717, 1.165) is 30.7 Å². The fourth-order valence-electron chi connectivity index (χ4n) is 1.86. The predicted octanol–water partition coefficient (Wildman–Crippen LogP) is 2.71. The maximum absolute atomic E-state index is 4.34. The molecule has 0 aliphatic carbocycles. The van der Waals surface area contributed by atoms with Gasteiger partial charge < -0.3 is 4.90 Å². The Morgan fingerprint density at radius 3 is 2.06 bits per heavy atom. The summed E-state index contributed by atoms with van der Waals surface area (Å²) in [6.07, 6.45) is 0. The van der Waals surface area contributed by atoms with E-state index in [1.807, 2.05) is 0 Å². The predicted molar refractivity (Wildman–Crippen MR) is 79.7 cm³/mol. The summed E-state index contributed by atoms with van der Waals surface area (Å²) in [7, 11) is 0. The quantitative estimate of drug-likeness (QED) is 0.639. The highest BCUT2D eigenvalue weighted by Gasteiger charge is 2.19. The zero-order valence-corrected chi connectivity index (χ0v) is 12.3. The molecule has 1 fully saturated rings. The van der Waals surface area contributed by atoms with Gasteiger partial charge in [0.25, 0.3) is 0 Å². The molecule has 16 heavy (non-hydrogen) atoms. The second-order valence-corrected chi connectivity index (χ2v) is 6.15. The first-order chi connectivity index (χ1) is 7.66. The molecule has 0 spiro atoms. The molecule has 0 aromatic heterocycles. The number of rotatable bonds is 2. The number of anilines is 1. The highest BCUT2D eigenvalue weighted by molar-refractivity contribution is 9.10. The molecule has 0 amide bonds. The summed E-state index contributed by atoms with van der Waals surface area (Å²) in [4.78, 5) is 4.66. The summed E-state index contributed by atoms with van der Waals surface area (Å²) in [5.74, 6) is 0. The van der Waals surface area contributed by atoms with E-state index in [1.165, 1.54) is 5.69 Å². The lowest BCUT2D eigenvalue weighted by molar-refractivity contribution is 0.287. The van der Waals surface area contributed by atoms with E-state index in [0.29, 0.717) is 0 Å². The lowest BCUT2D eigenvalue weighted by Crippen LogP contribution is -2.47. The molecule has 1 aromatic carbocycles. The molecule has 88 valence electrons. The molecule has 1 aliphatic heterocycles. The van der Waals surface area contributed by atoms with Crippen LogP contribution >= 0.6 is 41.2 Å². The second-order valence-electron chi connectivity index (χ2n) is 3.85. The second kappa shape index (κ2) is 5.67. The zero-order valence-electron chi connectivity index (χ0n) is 8.88. The van der Waals surface area contributed by atoms with Crippen molar-refractivity contribution in [2.75, 3.05) is 31.1 Å². The highest BCUT2D eigenvalue weighted by Crippen LogP contribution is 2.21. The number of piperazine rings is 1. The summed E-state index contributed by atoms with van der Waals surface area (Å²) in [5, 5.41) is 0. The van der Waals surface area contributed by atoms with Crippen LogP contribution in [0.15, 0.2) is 28.7 Å². The van der Waals surface area contributed by atoms with Crippen LogP contribution in [0, 0.1) is 0 Å². The lowest BCUT2D eigenvalue weighted by atomic mass is 10.2. The normalized spacial score (nSPS) is 18.1. The van der Waals surface area contributed by atoms with Crippen LogP contribution in [0.25, 0.3) is 0 Å². The Labute approximate surface area is 116 Å². The van der Waals surface area contributed by atoms with Gasteiger partial charge in [-0.15, -0.1) is 25.3 Å². The Balaban J connectivity index is 1.96. The average Bonchev–Trinajstić information content (AvgIpc) is 2.30. The van der Waals surface area contributed by atoms with Crippen LogP contribution in [-0.2, 0) is 0 Å². The lowest BCUT2D eigenvalue weighted by Gasteiger charge is -2.37. The third-order valence-electron chi connectivity index (χ3n) is 2.83. The summed E-state index contributed by atoms with van der Waals surface area (Å²) in [6.45, 7) is 4.12. The Morgan fingerprint density at radius 2 is 1.56 bits per heavy atom. The van der Waals surface area contributed by atoms with Gasteiger partial charge in [-0.1, -0.05) is 15.9 Å². The summed E-state index contributed by atoms with van der Waals surface area (Å²) < 4.78 is 1.19. The van der Waals surface area contributed by atoms with Gasteiger partial charge in [-0.25, -0.2) is 0 Å². The summed E-state index contributed by atoms with van der Waals surface area (Å²) in [5.41, 5.74) is 1.29. The number of hydrogen-bond donors (Lipinski definition) is 2. The van der Waals surface area contributed by atoms with Gasteiger partial charge in [0.2, 0.25) is 0 Å². The van der Waals surface area contributed by atoms with E-state index in [9.17, 15) is 0 Å². The Hall–Kier alpha value is 0.160. The van der Waals surface area contributed by atoms with E-state index in [1.54, 1.807) is 0 Å². The minimum absolute atomic E-state index is 0.0621. The van der Waals surface area contributed by atoms with E-state index in [4.69, 9.17) is 0 Å². The molecule has 2 rings (SSSR count). The van der Waals surface area contributed by atoms with Crippen LogP contribution < -0.4 is 4.90 Å². The van der Waals surface area contributed by atoms with Gasteiger partial charge in [-0.3, -0.25) is 4.90 Å². The first-order valence-corrected chi connectivity index (χ1v) is 7.10. The zero-order chi connectivity index (χ0) is 11.5. The Bertz CT molecular complexity index is 334. The number of halogens is 1. The number of nitrogens with zero attached hydrogens (tertiary/aromatic N) is 2. The fourth-order valence-corrected chi connectivity index (χ4v) is 2.59. The van der Waals surface area contributed by atoms with Crippen LogP contribution in [0.5, 0.6) is 0 Å². The standard InChI is InChI=1S/C11H15BrN2S2/c12-9-1-3-10(4-2-9)13-5-7-14(8-6-13)11(15)16/h1-4,11,15-16H,5-8H2. The largest absolute Gasteiger partial charge is 0.369 e. The van der Waals surface area contributed by atoms with E-state index in [2.05, 4.69) is 75.3 Å². The molecule has 0 atom stereocenters. The number of hydrogen-bond acceptors (Lipinski definition) is 4. The van der Waals surface area contributed by atoms with Crippen molar-refractivity contribution in [3.63, 3.8) is 0 Å². The van der Waals surface area contributed by atoms with Gasteiger partial charge in [0.05, 0.1) is 4.71 Å². The summed E-state index contributed by atoms with van der Waals surface area (Å²) >= 11 is 12.1. The molecular formula is C11H15BrN2S2. The molecule has 1 saturated heterocycles. The molecule has 2 nitrogen and oxygen atoms in total.